The minimum Gasteiger partial charge on any atom is -0.507 e. The molecule has 4 aliphatic heterocycles. The van der Waals surface area contributed by atoms with Crippen molar-refractivity contribution >= 4 is 17.3 Å². The summed E-state index contributed by atoms with van der Waals surface area (Å²) in [5.74, 6) is -3.22. The van der Waals surface area contributed by atoms with Crippen LogP contribution in [0.1, 0.15) is 125 Å². The summed E-state index contributed by atoms with van der Waals surface area (Å²) < 4.78 is 43.0. The normalized spacial score (nSPS) is 45.2. The highest BCUT2D eigenvalue weighted by molar-refractivity contribution is 6.32. The fourth-order valence-electron chi connectivity index (χ4n) is 10.0. The quantitative estimate of drug-likeness (QED) is 0.232. The van der Waals surface area contributed by atoms with Crippen LogP contribution in [0.15, 0.2) is 35.4 Å². The van der Waals surface area contributed by atoms with Gasteiger partial charge in [-0.25, -0.2) is 0 Å². The van der Waals surface area contributed by atoms with E-state index in [9.17, 15) is 45.0 Å². The fraction of sp³-hybridized carbons (Fsp3) is 0.698. The third-order valence-electron chi connectivity index (χ3n) is 13.4. The molecular formula is C43H56O16. The van der Waals surface area contributed by atoms with Crippen molar-refractivity contribution in [2.75, 3.05) is 0 Å². The molecular weight excluding hydrogens is 772 g/mol. The van der Waals surface area contributed by atoms with Crippen LogP contribution in [0.25, 0.3) is 0 Å². The first-order chi connectivity index (χ1) is 27.8. The highest BCUT2D eigenvalue weighted by atomic mass is 16.7. The maximum atomic E-state index is 14.2. The van der Waals surface area contributed by atoms with Crippen LogP contribution in [0.3, 0.4) is 0 Å². The molecule has 3 aliphatic carbocycles. The second-order valence-electron chi connectivity index (χ2n) is 17.8. The second kappa shape index (κ2) is 15.7. The summed E-state index contributed by atoms with van der Waals surface area (Å²) in [5.41, 5.74) is -7.90. The van der Waals surface area contributed by atoms with Crippen LogP contribution in [0.2, 0.25) is 0 Å². The van der Waals surface area contributed by atoms with Crippen molar-refractivity contribution in [2.24, 2.45) is 0 Å². The molecule has 1 saturated carbocycles. The number of phenols is 1. The lowest BCUT2D eigenvalue weighted by Crippen LogP contribution is -2.69. The Kier molecular flexibility index (Phi) is 11.4. The van der Waals surface area contributed by atoms with Crippen molar-refractivity contribution in [3.63, 3.8) is 0 Å². The lowest BCUT2D eigenvalue weighted by molar-refractivity contribution is -0.313. The van der Waals surface area contributed by atoms with E-state index in [0.29, 0.717) is 38.5 Å². The smallest absolute Gasteiger partial charge is 0.198 e. The number of ether oxygens (including phenoxy) is 7. The third kappa shape index (κ3) is 7.46. The molecule has 4 saturated heterocycles. The van der Waals surface area contributed by atoms with Gasteiger partial charge >= 0.3 is 0 Å². The molecule has 0 radical (unpaired) electrons. The average molecular weight is 829 g/mol. The van der Waals surface area contributed by atoms with Gasteiger partial charge in [0.25, 0.3) is 0 Å². The summed E-state index contributed by atoms with van der Waals surface area (Å²) >= 11 is 0. The van der Waals surface area contributed by atoms with Gasteiger partial charge in [-0.1, -0.05) is 12.1 Å². The van der Waals surface area contributed by atoms with E-state index in [4.69, 9.17) is 33.2 Å². The van der Waals surface area contributed by atoms with Gasteiger partial charge in [0.15, 0.2) is 41.8 Å². The van der Waals surface area contributed by atoms with Crippen LogP contribution in [0, 0.1) is 0 Å². The summed E-state index contributed by atoms with van der Waals surface area (Å²) in [4.78, 5) is 42.3. The molecule has 7 aliphatic rings. The lowest BCUT2D eigenvalue weighted by Gasteiger charge is -2.53. The van der Waals surface area contributed by atoms with Crippen LogP contribution in [0.4, 0.5) is 0 Å². The predicted octanol–water partition coefficient (Wildman–Crippen LogP) is 2.52. The van der Waals surface area contributed by atoms with Crippen molar-refractivity contribution in [1.82, 2.24) is 0 Å². The molecule has 4 heterocycles. The van der Waals surface area contributed by atoms with Crippen LogP contribution in [-0.2, 0) is 38.0 Å². The molecule has 0 bridgehead atoms. The number of hydrogen-bond donors (Lipinski definition) is 6. The van der Waals surface area contributed by atoms with E-state index in [0.717, 1.165) is 6.08 Å². The van der Waals surface area contributed by atoms with E-state index in [1.165, 1.54) is 18.2 Å². The molecule has 6 N–H and O–H groups in total. The maximum Gasteiger partial charge on any atom is 0.198 e. The van der Waals surface area contributed by atoms with Crippen molar-refractivity contribution in [3.05, 3.63) is 52.1 Å². The number of carbonyl (C=O) groups is 3. The first-order valence-corrected chi connectivity index (χ1v) is 20.8. The molecule has 324 valence electrons. The van der Waals surface area contributed by atoms with Gasteiger partial charge in [0.1, 0.15) is 17.5 Å². The summed E-state index contributed by atoms with van der Waals surface area (Å²) in [6.45, 7) is 8.80. The number of allylic oxidation sites excluding steroid dienone is 2. The highest BCUT2D eigenvalue weighted by Crippen LogP contribution is 2.53. The maximum absolute atomic E-state index is 14.2. The number of fused-ring (bicyclic) bond motifs is 3. The van der Waals surface area contributed by atoms with E-state index in [1.54, 1.807) is 13.8 Å². The first-order valence-electron chi connectivity index (χ1n) is 20.8. The molecule has 0 amide bonds. The van der Waals surface area contributed by atoms with Crippen LogP contribution in [0.5, 0.6) is 5.75 Å². The van der Waals surface area contributed by atoms with Gasteiger partial charge in [-0.05, 0) is 66.0 Å². The molecule has 8 rings (SSSR count). The standard InChI is InChI=1S/C43H56O16/c1-19-26(44)8-11-32(54-19)57-28-9-12-33(55-20(28)2)58-29-10-13-34(56-21(29)3)59-41(5)17-31(46)43(52)36-25(14-15-42(43,51)18-41)39(49)35-24(40(36)50)7-6-23(38(35)48)30-16-27(45)37(47)22(4)53-30/h6-7,14-15,19-22,26-30,32-34,37,44-45,47-48,51-52H,8-13,16-18H2,1-5H3/t19-,20+,21-,22+,26+,27+,28-,29+,30+,32+,33+,34+,37-,41-,42-,43-/m1/s1. The van der Waals surface area contributed by atoms with Crippen molar-refractivity contribution in [2.45, 2.75) is 189 Å². The van der Waals surface area contributed by atoms with Crippen LogP contribution >= 0.6 is 0 Å². The number of aliphatic hydroxyl groups is 5. The van der Waals surface area contributed by atoms with Gasteiger partial charge in [-0.3, -0.25) is 14.4 Å². The number of aromatic hydroxyl groups is 1. The van der Waals surface area contributed by atoms with Gasteiger partial charge in [0, 0.05) is 55.2 Å². The average Bonchev–Trinajstić information content (AvgIpc) is 3.16. The molecule has 0 aromatic heterocycles. The van der Waals surface area contributed by atoms with Crippen molar-refractivity contribution in [3.8, 4) is 5.75 Å². The Balaban J connectivity index is 0.904. The largest absolute Gasteiger partial charge is 0.507 e. The summed E-state index contributed by atoms with van der Waals surface area (Å²) in [5, 5.41) is 66.1. The van der Waals surface area contributed by atoms with Gasteiger partial charge in [0.05, 0.1) is 71.7 Å². The fourth-order valence-corrected chi connectivity index (χ4v) is 10.0. The number of benzene rings is 1. The number of carbonyl (C=O) groups excluding carboxylic acids is 3. The van der Waals surface area contributed by atoms with Gasteiger partial charge < -0.3 is 63.8 Å². The summed E-state index contributed by atoms with van der Waals surface area (Å²) in [6, 6.07) is 2.65. The molecule has 1 aromatic rings. The van der Waals surface area contributed by atoms with E-state index in [1.807, 2.05) is 20.8 Å². The Morgan fingerprint density at radius 2 is 1.34 bits per heavy atom. The molecule has 59 heavy (non-hydrogen) atoms. The topological polar surface area (TPSA) is 237 Å². The molecule has 1 aromatic carbocycles. The Bertz CT molecular complexity index is 1900. The van der Waals surface area contributed by atoms with E-state index in [-0.39, 0.29) is 59.5 Å². The monoisotopic (exact) mass is 828 g/mol. The SMILES string of the molecule is C[C@@H]1O[C@H](c2ccc3c(c2O)C(=O)C2=C(C3=O)[C@]3(O)C(=O)C[C@@](C)(O[C@H]4CC[C@H](O[C@H]5CC[C@@H](O[C@H]6CC[C@H](O)[C@@H](C)O6)[C@H](C)O5)[C@@H](C)O4)C[C@]3(O)C=C2)C[C@H](O)[C@@H]1O. The van der Waals surface area contributed by atoms with Crippen molar-refractivity contribution in [1.29, 1.82) is 0 Å². The summed E-state index contributed by atoms with van der Waals surface area (Å²) in [7, 11) is 0. The molecule has 0 spiro atoms. The molecule has 16 atom stereocenters. The van der Waals surface area contributed by atoms with Gasteiger partial charge in [-0.2, -0.15) is 0 Å². The minimum atomic E-state index is -2.80. The predicted molar refractivity (Wildman–Crippen MR) is 203 cm³/mol. The Hall–Kier alpha value is -2.97. The lowest BCUT2D eigenvalue weighted by atomic mass is 9.57. The molecule has 5 fully saturated rings. The van der Waals surface area contributed by atoms with E-state index in [2.05, 4.69) is 0 Å². The molecule has 0 unspecified atom stereocenters. The Morgan fingerprint density at radius 3 is 1.97 bits per heavy atom. The highest BCUT2D eigenvalue weighted by Gasteiger charge is 2.67. The van der Waals surface area contributed by atoms with Crippen LogP contribution < -0.4 is 0 Å². The van der Waals surface area contributed by atoms with E-state index < -0.39 is 107 Å². The number of rotatable bonds is 7. The zero-order chi connectivity index (χ0) is 42.3. The van der Waals surface area contributed by atoms with Gasteiger partial charge in [0.2, 0.25) is 0 Å². The zero-order valence-corrected chi connectivity index (χ0v) is 33.9. The van der Waals surface area contributed by atoms with Gasteiger partial charge in [-0.15, -0.1) is 0 Å². The van der Waals surface area contributed by atoms with E-state index >= 15 is 0 Å². The molecule has 16 heteroatoms. The first kappa shape index (κ1) is 42.7. The van der Waals surface area contributed by atoms with Crippen molar-refractivity contribution < 1.29 is 78.2 Å². The second-order valence-corrected chi connectivity index (χ2v) is 17.8. The third-order valence-corrected chi connectivity index (χ3v) is 13.4. The number of hydrogen-bond acceptors (Lipinski definition) is 16. The Morgan fingerprint density at radius 1 is 0.729 bits per heavy atom. The zero-order valence-electron chi connectivity index (χ0n) is 33.9. The number of Topliss-reactive ketones (excluding diaryl/α,β-unsaturated/α-hetero) is 3. The van der Waals surface area contributed by atoms with Crippen LogP contribution in [-0.4, -0.2) is 139 Å². The minimum absolute atomic E-state index is 0.0779. The number of phenolic OH excluding ortho intramolecular Hbond substituents is 1. The molecule has 16 nitrogen and oxygen atoms in total. The number of aliphatic hydroxyl groups excluding tert-OH is 3. The summed E-state index contributed by atoms with van der Waals surface area (Å²) in [6.07, 6.45) is -2.64. The number of ketones is 3. The Labute approximate surface area is 342 Å².